The van der Waals surface area contributed by atoms with Crippen molar-refractivity contribution in [1.29, 1.82) is 0 Å². The topological polar surface area (TPSA) is 75.8 Å². The molecule has 76 valence electrons. The molecule has 0 bridgehead atoms. The molecule has 0 aromatic carbocycles. The number of likely N-dealkylation sites (tertiary alicyclic amines) is 1. The number of rotatable bonds is 2. The van der Waals surface area contributed by atoms with Crippen LogP contribution in [-0.4, -0.2) is 47.4 Å². The van der Waals surface area contributed by atoms with Crippen LogP contribution >= 0.6 is 0 Å². The molecule has 5 nitrogen and oxygen atoms in total. The third kappa shape index (κ3) is 2.57. The molecule has 5 heteroatoms. The number of nitrogens with two attached hydrogens (primary N) is 1. The van der Waals surface area contributed by atoms with Crippen molar-refractivity contribution in [3.05, 3.63) is 0 Å². The van der Waals surface area contributed by atoms with E-state index in [1.165, 1.54) is 4.90 Å². The van der Waals surface area contributed by atoms with Gasteiger partial charge in [0.15, 0.2) is 0 Å². The first kappa shape index (κ1) is 10.3. The van der Waals surface area contributed by atoms with Crippen molar-refractivity contribution < 1.29 is 14.6 Å². The summed E-state index contributed by atoms with van der Waals surface area (Å²) in [6, 6.07) is -0.196. The van der Waals surface area contributed by atoms with Crippen LogP contribution < -0.4 is 5.73 Å². The first-order chi connectivity index (χ1) is 6.00. The fourth-order valence-electron chi connectivity index (χ4n) is 1.45. The molecule has 1 aliphatic rings. The maximum atomic E-state index is 10.6. The average Bonchev–Trinajstić information content (AvgIpc) is 2.31. The Kier molecular flexibility index (Phi) is 3.11. The minimum absolute atomic E-state index is 0.0878. The van der Waals surface area contributed by atoms with Crippen molar-refractivity contribution in [2.75, 3.05) is 13.1 Å². The normalized spacial score (nSPS) is 28.5. The number of carboxylic acid groups (broad SMARTS) is 1. The molecular formula is C8H16N2O3. The zero-order valence-electron chi connectivity index (χ0n) is 7.93. The molecule has 2 atom stereocenters. The molecule has 1 aliphatic heterocycles. The first-order valence-corrected chi connectivity index (χ1v) is 4.39. The fourth-order valence-corrected chi connectivity index (χ4v) is 1.45. The van der Waals surface area contributed by atoms with Gasteiger partial charge in [-0.3, -0.25) is 0 Å². The summed E-state index contributed by atoms with van der Waals surface area (Å²) in [5.41, 5.74) is 5.73. The Labute approximate surface area is 77.5 Å². The molecule has 0 aromatic heterocycles. The van der Waals surface area contributed by atoms with Crippen molar-refractivity contribution in [3.8, 4) is 0 Å². The summed E-state index contributed by atoms with van der Waals surface area (Å²) in [5, 5.41) is 8.70. The van der Waals surface area contributed by atoms with E-state index < -0.39 is 6.09 Å². The van der Waals surface area contributed by atoms with Gasteiger partial charge in [0.05, 0.1) is 24.8 Å². The molecule has 1 rings (SSSR count). The van der Waals surface area contributed by atoms with Crippen LogP contribution in [0.5, 0.6) is 0 Å². The van der Waals surface area contributed by atoms with E-state index in [0.29, 0.717) is 13.1 Å². The van der Waals surface area contributed by atoms with Gasteiger partial charge in [0.25, 0.3) is 0 Å². The minimum atomic E-state index is -0.926. The molecule has 3 N–H and O–H groups in total. The number of carbonyl (C=O) groups is 1. The zero-order valence-corrected chi connectivity index (χ0v) is 7.93. The van der Waals surface area contributed by atoms with Crippen LogP contribution in [0.15, 0.2) is 0 Å². The molecule has 1 saturated heterocycles. The second-order valence-electron chi connectivity index (χ2n) is 3.57. The molecule has 0 aromatic rings. The number of amides is 1. The summed E-state index contributed by atoms with van der Waals surface area (Å²) in [4.78, 5) is 11.9. The van der Waals surface area contributed by atoms with E-state index in [4.69, 9.17) is 15.6 Å². The summed E-state index contributed by atoms with van der Waals surface area (Å²) >= 11 is 0. The Bertz CT molecular complexity index is 196. The van der Waals surface area contributed by atoms with E-state index in [0.717, 1.165) is 0 Å². The molecule has 0 aliphatic carbocycles. The Hall–Kier alpha value is -0.810. The lowest BCUT2D eigenvalue weighted by molar-refractivity contribution is 0.00746. The summed E-state index contributed by atoms with van der Waals surface area (Å²) in [6.45, 7) is 4.58. The third-order valence-electron chi connectivity index (χ3n) is 2.03. The number of nitrogens with zero attached hydrogens (tertiary/aromatic N) is 1. The van der Waals surface area contributed by atoms with E-state index in [9.17, 15) is 4.79 Å². The highest BCUT2D eigenvalue weighted by Crippen LogP contribution is 2.13. The van der Waals surface area contributed by atoms with Crippen LogP contribution in [0.2, 0.25) is 0 Å². The predicted molar refractivity (Wildman–Crippen MR) is 47.6 cm³/mol. The lowest BCUT2D eigenvalue weighted by atomic mass is 10.2. The first-order valence-electron chi connectivity index (χ1n) is 4.39. The van der Waals surface area contributed by atoms with Gasteiger partial charge in [-0.25, -0.2) is 4.79 Å². The quantitative estimate of drug-likeness (QED) is 0.644. The van der Waals surface area contributed by atoms with Gasteiger partial charge in [0.1, 0.15) is 0 Å². The van der Waals surface area contributed by atoms with Gasteiger partial charge in [-0.1, -0.05) is 0 Å². The molecule has 1 fully saturated rings. The zero-order chi connectivity index (χ0) is 10.0. The smallest absolute Gasteiger partial charge is 0.407 e. The molecule has 1 amide bonds. The molecule has 1 heterocycles. The fraction of sp³-hybridized carbons (Fsp3) is 0.875. The average molecular weight is 188 g/mol. The number of hydrogen-bond donors (Lipinski definition) is 2. The van der Waals surface area contributed by atoms with Gasteiger partial charge in [-0.05, 0) is 13.8 Å². The van der Waals surface area contributed by atoms with Gasteiger partial charge in [-0.2, -0.15) is 0 Å². The second-order valence-corrected chi connectivity index (χ2v) is 3.57. The summed E-state index contributed by atoms with van der Waals surface area (Å²) in [5.74, 6) is 0. The van der Waals surface area contributed by atoms with Crippen molar-refractivity contribution in [3.63, 3.8) is 0 Å². The van der Waals surface area contributed by atoms with Crippen LogP contribution in [0.4, 0.5) is 4.79 Å². The highest BCUT2D eigenvalue weighted by molar-refractivity contribution is 5.65. The van der Waals surface area contributed by atoms with Crippen molar-refractivity contribution in [2.24, 2.45) is 5.73 Å². The Morgan fingerprint density at radius 1 is 1.62 bits per heavy atom. The highest BCUT2D eigenvalue weighted by Gasteiger charge is 2.33. The predicted octanol–water partition coefficient (Wildman–Crippen LogP) is 0.101. The molecule has 0 saturated carbocycles. The number of ether oxygens (including phenoxy) is 1. The van der Waals surface area contributed by atoms with E-state index in [1.54, 1.807) is 0 Å². The van der Waals surface area contributed by atoms with Crippen LogP contribution in [0.25, 0.3) is 0 Å². The van der Waals surface area contributed by atoms with Gasteiger partial charge >= 0.3 is 6.09 Å². The van der Waals surface area contributed by atoms with E-state index >= 15 is 0 Å². The standard InChI is InChI=1S/C8H16N2O3/c1-5(2)13-7-4-10(8(11)12)3-6(7)9/h5-7H,3-4,9H2,1-2H3,(H,11,12)/t6-,7-/m0/s1. The molecule has 0 unspecified atom stereocenters. The lowest BCUT2D eigenvalue weighted by Crippen LogP contribution is -2.36. The van der Waals surface area contributed by atoms with Crippen LogP contribution in [0.3, 0.4) is 0 Å². The van der Waals surface area contributed by atoms with Crippen molar-refractivity contribution in [2.45, 2.75) is 32.1 Å². The van der Waals surface area contributed by atoms with Gasteiger partial charge in [0, 0.05) is 6.54 Å². The van der Waals surface area contributed by atoms with Crippen LogP contribution in [0, 0.1) is 0 Å². The largest absolute Gasteiger partial charge is 0.465 e. The molecule has 13 heavy (non-hydrogen) atoms. The Balaban J connectivity index is 2.46. The maximum absolute atomic E-state index is 10.6. The summed E-state index contributed by atoms with van der Waals surface area (Å²) in [6.07, 6.45) is -0.994. The monoisotopic (exact) mass is 188 g/mol. The molecular weight excluding hydrogens is 172 g/mol. The third-order valence-corrected chi connectivity index (χ3v) is 2.03. The maximum Gasteiger partial charge on any atom is 0.407 e. The van der Waals surface area contributed by atoms with Crippen LogP contribution in [-0.2, 0) is 4.74 Å². The van der Waals surface area contributed by atoms with E-state index in [1.807, 2.05) is 13.8 Å². The van der Waals surface area contributed by atoms with Gasteiger partial charge in [-0.15, -0.1) is 0 Å². The van der Waals surface area contributed by atoms with E-state index in [-0.39, 0.29) is 18.2 Å². The summed E-state index contributed by atoms with van der Waals surface area (Å²) < 4.78 is 5.47. The number of hydrogen-bond acceptors (Lipinski definition) is 3. The summed E-state index contributed by atoms with van der Waals surface area (Å²) in [7, 11) is 0. The highest BCUT2D eigenvalue weighted by atomic mass is 16.5. The SMILES string of the molecule is CC(C)O[C@H]1CN(C(=O)O)C[C@@H]1N. The molecule has 0 spiro atoms. The van der Waals surface area contributed by atoms with Crippen molar-refractivity contribution >= 4 is 6.09 Å². The minimum Gasteiger partial charge on any atom is -0.465 e. The van der Waals surface area contributed by atoms with Crippen LogP contribution in [0.1, 0.15) is 13.8 Å². The molecule has 0 radical (unpaired) electrons. The van der Waals surface area contributed by atoms with Crippen molar-refractivity contribution in [1.82, 2.24) is 4.90 Å². The Morgan fingerprint density at radius 2 is 2.23 bits per heavy atom. The van der Waals surface area contributed by atoms with Gasteiger partial charge < -0.3 is 20.5 Å². The van der Waals surface area contributed by atoms with Gasteiger partial charge in [0.2, 0.25) is 0 Å². The second kappa shape index (κ2) is 3.93. The van der Waals surface area contributed by atoms with E-state index in [2.05, 4.69) is 0 Å². The Morgan fingerprint density at radius 3 is 2.62 bits per heavy atom. The lowest BCUT2D eigenvalue weighted by Gasteiger charge is -2.17.